The number of nitro benzene ring substituents is 1. The molecular formula is C13H11Cl2N3O2. The SMILES string of the molecule is CNc1cc(Nc2cccc(Cl)c2Cl)cc([N+](=O)[O-])c1. The second-order valence-electron chi connectivity index (χ2n) is 4.00. The Bertz CT molecular complexity index is 662. The second kappa shape index (κ2) is 5.98. The van der Waals surface area contributed by atoms with Gasteiger partial charge in [-0.25, -0.2) is 0 Å². The van der Waals surface area contributed by atoms with E-state index in [0.29, 0.717) is 27.1 Å². The van der Waals surface area contributed by atoms with E-state index in [9.17, 15) is 10.1 Å². The van der Waals surface area contributed by atoms with E-state index in [1.54, 1.807) is 31.3 Å². The van der Waals surface area contributed by atoms with Gasteiger partial charge in [-0.05, 0) is 18.2 Å². The van der Waals surface area contributed by atoms with Gasteiger partial charge in [0.1, 0.15) is 0 Å². The summed E-state index contributed by atoms with van der Waals surface area (Å²) in [5.41, 5.74) is 1.74. The van der Waals surface area contributed by atoms with Crippen LogP contribution in [0.15, 0.2) is 36.4 Å². The van der Waals surface area contributed by atoms with Crippen molar-refractivity contribution in [3.8, 4) is 0 Å². The molecule has 2 aromatic carbocycles. The van der Waals surface area contributed by atoms with Gasteiger partial charge in [-0.15, -0.1) is 0 Å². The standard InChI is InChI=1S/C13H11Cl2N3O2/c1-16-8-5-9(7-10(6-8)18(19)20)17-12-4-2-3-11(14)13(12)15/h2-7,16-17H,1H3. The molecule has 0 aromatic heterocycles. The zero-order chi connectivity index (χ0) is 14.7. The summed E-state index contributed by atoms with van der Waals surface area (Å²) in [5, 5.41) is 17.6. The van der Waals surface area contributed by atoms with Gasteiger partial charge in [0.05, 0.1) is 20.7 Å². The van der Waals surface area contributed by atoms with Crippen molar-refractivity contribution in [3.63, 3.8) is 0 Å². The molecule has 0 amide bonds. The van der Waals surface area contributed by atoms with Crippen LogP contribution in [-0.2, 0) is 0 Å². The number of benzene rings is 2. The molecule has 0 saturated carbocycles. The van der Waals surface area contributed by atoms with Gasteiger partial charge in [0.15, 0.2) is 0 Å². The molecule has 2 N–H and O–H groups in total. The maximum atomic E-state index is 10.9. The highest BCUT2D eigenvalue weighted by atomic mass is 35.5. The third-order valence-corrected chi connectivity index (χ3v) is 3.47. The average molecular weight is 312 g/mol. The van der Waals surface area contributed by atoms with Gasteiger partial charge >= 0.3 is 0 Å². The number of nitro groups is 1. The molecule has 0 saturated heterocycles. The molecular weight excluding hydrogens is 301 g/mol. The molecule has 0 atom stereocenters. The fraction of sp³-hybridized carbons (Fsp3) is 0.0769. The van der Waals surface area contributed by atoms with Crippen LogP contribution in [-0.4, -0.2) is 12.0 Å². The van der Waals surface area contributed by atoms with Crippen LogP contribution >= 0.6 is 23.2 Å². The first-order valence-corrected chi connectivity index (χ1v) is 6.45. The minimum absolute atomic E-state index is 0.0162. The first kappa shape index (κ1) is 14.4. The number of non-ortho nitro benzene ring substituents is 1. The first-order chi connectivity index (χ1) is 9.51. The van der Waals surface area contributed by atoms with Gasteiger partial charge < -0.3 is 10.6 Å². The smallest absolute Gasteiger partial charge is 0.273 e. The van der Waals surface area contributed by atoms with Gasteiger partial charge in [0.2, 0.25) is 0 Å². The molecule has 0 radical (unpaired) electrons. The van der Waals surface area contributed by atoms with E-state index in [0.717, 1.165) is 0 Å². The van der Waals surface area contributed by atoms with Crippen LogP contribution in [0.2, 0.25) is 10.0 Å². The van der Waals surface area contributed by atoms with E-state index in [4.69, 9.17) is 23.2 Å². The molecule has 0 aliphatic heterocycles. The van der Waals surface area contributed by atoms with Gasteiger partial charge in [-0.1, -0.05) is 29.3 Å². The Morgan fingerprint density at radius 3 is 2.50 bits per heavy atom. The fourth-order valence-corrected chi connectivity index (χ4v) is 2.04. The van der Waals surface area contributed by atoms with Crippen LogP contribution in [0, 0.1) is 10.1 Å². The van der Waals surface area contributed by atoms with E-state index < -0.39 is 4.92 Å². The maximum Gasteiger partial charge on any atom is 0.273 e. The lowest BCUT2D eigenvalue weighted by molar-refractivity contribution is -0.384. The summed E-state index contributed by atoms with van der Waals surface area (Å²) in [4.78, 5) is 10.4. The summed E-state index contributed by atoms with van der Waals surface area (Å²) in [6, 6.07) is 9.77. The number of anilines is 3. The lowest BCUT2D eigenvalue weighted by atomic mass is 10.2. The predicted octanol–water partition coefficient (Wildman–Crippen LogP) is 4.69. The Morgan fingerprint density at radius 2 is 1.85 bits per heavy atom. The van der Waals surface area contributed by atoms with Gasteiger partial charge in [0.25, 0.3) is 5.69 Å². The summed E-state index contributed by atoms with van der Waals surface area (Å²) in [6.07, 6.45) is 0. The molecule has 0 aliphatic rings. The van der Waals surface area contributed by atoms with Crippen molar-refractivity contribution < 1.29 is 4.92 Å². The zero-order valence-electron chi connectivity index (χ0n) is 10.5. The highest BCUT2D eigenvalue weighted by Gasteiger charge is 2.11. The third kappa shape index (κ3) is 3.12. The highest BCUT2D eigenvalue weighted by molar-refractivity contribution is 6.43. The zero-order valence-corrected chi connectivity index (χ0v) is 12.0. The van der Waals surface area contributed by atoms with Crippen LogP contribution < -0.4 is 10.6 Å². The van der Waals surface area contributed by atoms with Gasteiger partial charge in [-0.2, -0.15) is 0 Å². The molecule has 7 heteroatoms. The summed E-state index contributed by atoms with van der Waals surface area (Å²) in [7, 11) is 1.69. The number of hydrogen-bond donors (Lipinski definition) is 2. The number of halogens is 2. The summed E-state index contributed by atoms with van der Waals surface area (Å²) < 4.78 is 0. The van der Waals surface area contributed by atoms with Crippen LogP contribution in [0.1, 0.15) is 0 Å². The third-order valence-electron chi connectivity index (χ3n) is 2.65. The Hall–Kier alpha value is -1.98. The summed E-state index contributed by atoms with van der Waals surface area (Å²) in [5.74, 6) is 0. The quantitative estimate of drug-likeness (QED) is 0.635. The Balaban J connectivity index is 2.40. The molecule has 0 bridgehead atoms. The topological polar surface area (TPSA) is 67.2 Å². The minimum atomic E-state index is -0.453. The van der Waals surface area contributed by atoms with Crippen molar-refractivity contribution in [1.82, 2.24) is 0 Å². The monoisotopic (exact) mass is 311 g/mol. The van der Waals surface area contributed by atoms with Gasteiger partial charge in [-0.3, -0.25) is 10.1 Å². The molecule has 0 unspecified atom stereocenters. The summed E-state index contributed by atoms with van der Waals surface area (Å²) >= 11 is 12.0. The first-order valence-electron chi connectivity index (χ1n) is 5.69. The van der Waals surface area contributed by atoms with E-state index in [-0.39, 0.29) is 5.69 Å². The molecule has 0 spiro atoms. The molecule has 5 nitrogen and oxygen atoms in total. The van der Waals surface area contributed by atoms with Crippen molar-refractivity contribution in [2.45, 2.75) is 0 Å². The second-order valence-corrected chi connectivity index (χ2v) is 4.79. The molecule has 104 valence electrons. The van der Waals surface area contributed by atoms with Crippen LogP contribution in [0.4, 0.5) is 22.7 Å². The molecule has 2 aromatic rings. The lowest BCUT2D eigenvalue weighted by Crippen LogP contribution is -1.97. The van der Waals surface area contributed by atoms with Crippen molar-refractivity contribution in [3.05, 3.63) is 56.6 Å². The van der Waals surface area contributed by atoms with Crippen molar-refractivity contribution >= 4 is 46.0 Å². The normalized spacial score (nSPS) is 10.2. The average Bonchev–Trinajstić information content (AvgIpc) is 2.43. The van der Waals surface area contributed by atoms with Crippen LogP contribution in [0.3, 0.4) is 0 Å². The molecule has 0 heterocycles. The number of nitrogens with zero attached hydrogens (tertiary/aromatic N) is 1. The Morgan fingerprint density at radius 1 is 1.15 bits per heavy atom. The van der Waals surface area contributed by atoms with Crippen LogP contribution in [0.25, 0.3) is 0 Å². The Kier molecular flexibility index (Phi) is 4.32. The number of hydrogen-bond acceptors (Lipinski definition) is 4. The lowest BCUT2D eigenvalue weighted by Gasteiger charge is -2.10. The fourth-order valence-electron chi connectivity index (χ4n) is 1.69. The predicted molar refractivity (Wildman–Crippen MR) is 82.4 cm³/mol. The van der Waals surface area contributed by atoms with E-state index >= 15 is 0 Å². The molecule has 20 heavy (non-hydrogen) atoms. The Labute approximate surface area is 125 Å². The molecule has 0 aliphatic carbocycles. The van der Waals surface area contributed by atoms with Crippen LogP contribution in [0.5, 0.6) is 0 Å². The van der Waals surface area contributed by atoms with Crippen molar-refractivity contribution in [1.29, 1.82) is 0 Å². The van der Waals surface area contributed by atoms with Crippen molar-refractivity contribution in [2.24, 2.45) is 0 Å². The molecule has 0 fully saturated rings. The van der Waals surface area contributed by atoms with E-state index in [1.807, 2.05) is 0 Å². The van der Waals surface area contributed by atoms with E-state index in [1.165, 1.54) is 12.1 Å². The number of rotatable bonds is 4. The van der Waals surface area contributed by atoms with E-state index in [2.05, 4.69) is 10.6 Å². The highest BCUT2D eigenvalue weighted by Crippen LogP contribution is 2.33. The maximum absolute atomic E-state index is 10.9. The van der Waals surface area contributed by atoms with Crippen molar-refractivity contribution in [2.75, 3.05) is 17.7 Å². The largest absolute Gasteiger partial charge is 0.388 e. The molecule has 2 rings (SSSR count). The summed E-state index contributed by atoms with van der Waals surface area (Å²) in [6.45, 7) is 0. The van der Waals surface area contributed by atoms with Gasteiger partial charge in [0, 0.05) is 30.6 Å². The number of nitrogens with one attached hydrogen (secondary N) is 2. The minimum Gasteiger partial charge on any atom is -0.388 e.